The lowest BCUT2D eigenvalue weighted by Crippen LogP contribution is -2.30. The number of carbonyl (C=O) groups excluding carboxylic acids is 1. The molecule has 7 rings (SSSR count). The lowest BCUT2D eigenvalue weighted by atomic mass is 10.1. The molecule has 3 aromatic heterocycles. The maximum Gasteiger partial charge on any atom is 0.434 e. The fourth-order valence-electron chi connectivity index (χ4n) is 5.06. The summed E-state index contributed by atoms with van der Waals surface area (Å²) in [5.74, 6) is 1.71. The minimum Gasteiger partial charge on any atom is -0.377 e. The zero-order valence-corrected chi connectivity index (χ0v) is 20.7. The number of alkyl halides is 3. The number of ether oxygens (including phenoxy) is 1. The van der Waals surface area contributed by atoms with Crippen molar-refractivity contribution >= 4 is 11.7 Å². The third-order valence-corrected chi connectivity index (χ3v) is 7.37. The van der Waals surface area contributed by atoms with Crippen LogP contribution in [-0.4, -0.2) is 43.6 Å². The number of hydrogen-bond acceptors (Lipinski definition) is 6. The molecule has 1 saturated heterocycles. The molecule has 39 heavy (non-hydrogen) atoms. The van der Waals surface area contributed by atoms with Gasteiger partial charge in [-0.1, -0.05) is 24.3 Å². The summed E-state index contributed by atoms with van der Waals surface area (Å²) in [4.78, 5) is 32.3. The summed E-state index contributed by atoms with van der Waals surface area (Å²) in [6.07, 6.45) is 2.42. The highest BCUT2D eigenvalue weighted by Gasteiger charge is 2.37. The molecule has 3 aliphatic rings. The zero-order chi connectivity index (χ0) is 26.7. The Bertz CT molecular complexity index is 1580. The van der Waals surface area contributed by atoms with Gasteiger partial charge in [0, 0.05) is 41.2 Å². The highest BCUT2D eigenvalue weighted by molar-refractivity contribution is 6.00. The first-order valence-electron chi connectivity index (χ1n) is 12.8. The molecule has 2 fully saturated rings. The summed E-state index contributed by atoms with van der Waals surface area (Å²) < 4.78 is 46.8. The van der Waals surface area contributed by atoms with E-state index < -0.39 is 11.9 Å². The number of halogens is 3. The van der Waals surface area contributed by atoms with Crippen molar-refractivity contribution in [1.29, 1.82) is 0 Å². The van der Waals surface area contributed by atoms with E-state index in [1.165, 1.54) is 4.57 Å². The fraction of sp³-hybridized carbons (Fsp3) is 0.321. The van der Waals surface area contributed by atoms with Crippen molar-refractivity contribution in [2.45, 2.75) is 43.9 Å². The fourth-order valence-corrected chi connectivity index (χ4v) is 5.06. The molecule has 4 aromatic rings. The molecule has 11 heteroatoms. The molecule has 1 aliphatic carbocycles. The Balaban J connectivity index is 1.16. The first kappa shape index (κ1) is 24.0. The predicted octanol–water partition coefficient (Wildman–Crippen LogP) is 4.96. The first-order valence-corrected chi connectivity index (χ1v) is 12.8. The van der Waals surface area contributed by atoms with Gasteiger partial charge in [0.05, 0.1) is 37.9 Å². The normalized spacial score (nSPS) is 17.4. The van der Waals surface area contributed by atoms with E-state index in [2.05, 4.69) is 15.0 Å². The summed E-state index contributed by atoms with van der Waals surface area (Å²) in [5, 5.41) is 0. The minimum atomic E-state index is -4.54. The summed E-state index contributed by atoms with van der Waals surface area (Å²) in [6, 6.07) is 10.7. The lowest BCUT2D eigenvalue weighted by molar-refractivity contribution is -0.141. The van der Waals surface area contributed by atoms with Gasteiger partial charge in [-0.2, -0.15) is 13.2 Å². The summed E-state index contributed by atoms with van der Waals surface area (Å²) >= 11 is 0. The molecule has 2 aliphatic heterocycles. The van der Waals surface area contributed by atoms with E-state index in [-0.39, 0.29) is 30.7 Å². The number of hydrogen-bond donors (Lipinski definition) is 0. The van der Waals surface area contributed by atoms with Crippen LogP contribution in [0, 0.1) is 0 Å². The van der Waals surface area contributed by atoms with E-state index in [9.17, 15) is 18.0 Å². The number of nitrogens with zero attached hydrogens (tertiary/aromatic N) is 6. The van der Waals surface area contributed by atoms with Crippen LogP contribution in [0.25, 0.3) is 22.8 Å². The van der Waals surface area contributed by atoms with Gasteiger partial charge in [-0.25, -0.2) is 15.0 Å². The Labute approximate surface area is 221 Å². The van der Waals surface area contributed by atoms with E-state index in [0.717, 1.165) is 41.4 Å². The third-order valence-electron chi connectivity index (χ3n) is 7.37. The molecule has 8 nitrogen and oxygen atoms in total. The van der Waals surface area contributed by atoms with Crippen molar-refractivity contribution in [3.05, 3.63) is 77.5 Å². The van der Waals surface area contributed by atoms with Gasteiger partial charge in [0.25, 0.3) is 0 Å². The number of rotatable bonds is 6. The topological polar surface area (TPSA) is 86.0 Å². The van der Waals surface area contributed by atoms with Crippen LogP contribution in [0.2, 0.25) is 0 Å². The van der Waals surface area contributed by atoms with Crippen molar-refractivity contribution in [2.75, 3.05) is 18.1 Å². The van der Waals surface area contributed by atoms with Crippen LogP contribution in [0.1, 0.15) is 47.3 Å². The van der Waals surface area contributed by atoms with E-state index >= 15 is 0 Å². The summed E-state index contributed by atoms with van der Waals surface area (Å²) in [6.45, 7) is 0.977. The van der Waals surface area contributed by atoms with Gasteiger partial charge in [0.1, 0.15) is 11.6 Å². The number of amides is 1. The van der Waals surface area contributed by atoms with E-state index in [1.807, 2.05) is 12.1 Å². The van der Waals surface area contributed by atoms with Crippen molar-refractivity contribution in [3.63, 3.8) is 0 Å². The number of aromatic nitrogens is 5. The van der Waals surface area contributed by atoms with Crippen LogP contribution >= 0.6 is 0 Å². The Kier molecular flexibility index (Phi) is 5.51. The second-order valence-corrected chi connectivity index (χ2v) is 10.2. The first-order chi connectivity index (χ1) is 18.8. The molecule has 1 amide bonds. The van der Waals surface area contributed by atoms with Crippen molar-refractivity contribution < 1.29 is 22.7 Å². The minimum absolute atomic E-state index is 0.0792. The number of imidazole rings is 1. The van der Waals surface area contributed by atoms with Gasteiger partial charge in [-0.15, -0.1) is 0 Å². The van der Waals surface area contributed by atoms with Crippen LogP contribution in [0.15, 0.2) is 55.0 Å². The van der Waals surface area contributed by atoms with E-state index in [0.29, 0.717) is 36.3 Å². The molecule has 5 heterocycles. The van der Waals surface area contributed by atoms with E-state index in [4.69, 9.17) is 9.72 Å². The van der Waals surface area contributed by atoms with Crippen LogP contribution in [0.4, 0.5) is 19.0 Å². The monoisotopic (exact) mass is 532 g/mol. The van der Waals surface area contributed by atoms with Crippen molar-refractivity contribution in [1.82, 2.24) is 24.5 Å². The molecule has 198 valence electrons. The third kappa shape index (κ3) is 4.36. The molecule has 0 unspecified atom stereocenters. The zero-order valence-electron chi connectivity index (χ0n) is 20.7. The summed E-state index contributed by atoms with van der Waals surface area (Å²) in [5.41, 5.74) is 3.09. The standard InChI is InChI=1S/C28H23F3N6O2/c29-28(30,31)22-13-36(20-14-39-15-20)26(34-22)18-5-3-16(4-6-18)12-37-23(38)10-19-11-33-25(35-27(19)37)21-2-1-9-32-24(21)17-7-8-17/h1-6,9,11,13,17,20H,7-8,10,12,14-15H2. The molecular weight excluding hydrogens is 509 g/mol. The van der Waals surface area contributed by atoms with Crippen LogP contribution in [0.3, 0.4) is 0 Å². The van der Waals surface area contributed by atoms with Gasteiger partial charge >= 0.3 is 6.18 Å². The van der Waals surface area contributed by atoms with Gasteiger partial charge in [0.2, 0.25) is 5.91 Å². The largest absolute Gasteiger partial charge is 0.434 e. The average Bonchev–Trinajstić information content (AvgIpc) is 3.57. The van der Waals surface area contributed by atoms with Gasteiger partial charge in [-0.3, -0.25) is 14.7 Å². The molecular formula is C28H23F3N6O2. The van der Waals surface area contributed by atoms with Gasteiger partial charge in [-0.05, 0) is 30.5 Å². The van der Waals surface area contributed by atoms with Crippen molar-refractivity contribution in [3.8, 4) is 22.8 Å². The van der Waals surface area contributed by atoms with Gasteiger partial charge in [0.15, 0.2) is 11.5 Å². The Morgan fingerprint density at radius 1 is 1.03 bits per heavy atom. The predicted molar refractivity (Wildman–Crippen MR) is 135 cm³/mol. The number of benzene rings is 1. The number of pyridine rings is 1. The highest BCUT2D eigenvalue weighted by atomic mass is 19.4. The van der Waals surface area contributed by atoms with Crippen molar-refractivity contribution in [2.24, 2.45) is 0 Å². The Morgan fingerprint density at radius 2 is 1.82 bits per heavy atom. The molecule has 0 N–H and O–H groups in total. The van der Waals surface area contributed by atoms with Gasteiger partial charge < -0.3 is 9.30 Å². The number of carbonyl (C=O) groups is 1. The SMILES string of the molecule is O=C1Cc2cnc(-c3cccnc3C3CC3)nc2N1Cc1ccc(-c2nc(C(F)(F)F)cn2C2COC2)cc1. The second kappa shape index (κ2) is 8.98. The molecule has 0 atom stereocenters. The smallest absolute Gasteiger partial charge is 0.377 e. The van der Waals surface area contributed by atoms with Crippen LogP contribution in [-0.2, 0) is 28.7 Å². The molecule has 1 aromatic carbocycles. The second-order valence-electron chi connectivity index (χ2n) is 10.2. The molecule has 1 saturated carbocycles. The average molecular weight is 533 g/mol. The molecule has 0 bridgehead atoms. The quantitative estimate of drug-likeness (QED) is 0.349. The Hall–Kier alpha value is -4.12. The summed E-state index contributed by atoms with van der Waals surface area (Å²) in [7, 11) is 0. The maximum absolute atomic E-state index is 13.4. The maximum atomic E-state index is 13.4. The Morgan fingerprint density at radius 3 is 2.51 bits per heavy atom. The number of fused-ring (bicyclic) bond motifs is 1. The molecule has 0 radical (unpaired) electrons. The highest BCUT2D eigenvalue weighted by Crippen LogP contribution is 2.43. The lowest BCUT2D eigenvalue weighted by Gasteiger charge is -2.28. The van der Waals surface area contributed by atoms with Crippen LogP contribution < -0.4 is 4.90 Å². The van der Waals surface area contributed by atoms with Crippen LogP contribution in [0.5, 0.6) is 0 Å². The number of anilines is 1. The van der Waals surface area contributed by atoms with E-state index in [1.54, 1.807) is 41.6 Å². The molecule has 0 spiro atoms.